The molecule has 23 heavy (non-hydrogen) atoms. The van der Waals surface area contributed by atoms with Gasteiger partial charge in [-0.25, -0.2) is 0 Å². The van der Waals surface area contributed by atoms with Crippen LogP contribution in [0.25, 0.3) is 6.08 Å². The van der Waals surface area contributed by atoms with E-state index < -0.39 is 0 Å². The van der Waals surface area contributed by atoms with Crippen LogP contribution in [0.5, 0.6) is 0 Å². The van der Waals surface area contributed by atoms with Crippen LogP contribution in [0.1, 0.15) is 31.0 Å². The number of aryl methyl sites for hydroxylation is 1. The third kappa shape index (κ3) is 3.23. The lowest BCUT2D eigenvalue weighted by atomic mass is 10.1. The SMILES string of the molecule is CCn1cc(/C=C2\SC(=S)N(C(C)c3ccccc3)C2=O)cn1. The Morgan fingerprint density at radius 2 is 2.09 bits per heavy atom. The summed E-state index contributed by atoms with van der Waals surface area (Å²) in [4.78, 5) is 15.1. The molecule has 1 aliphatic heterocycles. The maximum Gasteiger partial charge on any atom is 0.266 e. The van der Waals surface area contributed by atoms with E-state index in [9.17, 15) is 4.79 Å². The zero-order chi connectivity index (χ0) is 16.4. The third-order valence-corrected chi connectivity index (χ3v) is 5.10. The molecule has 1 aromatic carbocycles. The molecule has 3 rings (SSSR count). The van der Waals surface area contributed by atoms with E-state index in [-0.39, 0.29) is 11.9 Å². The van der Waals surface area contributed by atoms with Crippen LogP contribution < -0.4 is 0 Å². The number of hydrogen-bond donors (Lipinski definition) is 0. The van der Waals surface area contributed by atoms with Crippen molar-refractivity contribution in [2.24, 2.45) is 0 Å². The first-order valence-corrected chi connectivity index (χ1v) is 8.67. The number of rotatable bonds is 4. The van der Waals surface area contributed by atoms with E-state index in [4.69, 9.17) is 12.2 Å². The van der Waals surface area contributed by atoms with Crippen molar-refractivity contribution < 1.29 is 4.79 Å². The molecular weight excluding hydrogens is 326 g/mol. The van der Waals surface area contributed by atoms with E-state index in [0.29, 0.717) is 9.23 Å². The highest BCUT2D eigenvalue weighted by Crippen LogP contribution is 2.37. The largest absolute Gasteiger partial charge is 0.286 e. The molecule has 6 heteroatoms. The number of amides is 1. The van der Waals surface area contributed by atoms with Crippen molar-refractivity contribution in [3.63, 3.8) is 0 Å². The molecular formula is C17H17N3OS2. The van der Waals surface area contributed by atoms with Gasteiger partial charge in [-0.2, -0.15) is 5.10 Å². The van der Waals surface area contributed by atoms with Gasteiger partial charge in [-0.1, -0.05) is 54.3 Å². The molecule has 118 valence electrons. The van der Waals surface area contributed by atoms with Crippen LogP contribution in [0.3, 0.4) is 0 Å². The fraction of sp³-hybridized carbons (Fsp3) is 0.235. The van der Waals surface area contributed by atoms with Gasteiger partial charge in [-0.05, 0) is 25.5 Å². The molecule has 0 bridgehead atoms. The van der Waals surface area contributed by atoms with Crippen LogP contribution in [0.4, 0.5) is 0 Å². The van der Waals surface area contributed by atoms with Crippen molar-refractivity contribution in [3.8, 4) is 0 Å². The summed E-state index contributed by atoms with van der Waals surface area (Å²) in [6.45, 7) is 4.83. The number of thiocarbonyl (C=S) groups is 1. The minimum atomic E-state index is -0.0760. The van der Waals surface area contributed by atoms with Gasteiger partial charge in [0.15, 0.2) is 0 Å². The molecule has 1 amide bonds. The van der Waals surface area contributed by atoms with Gasteiger partial charge in [0.25, 0.3) is 5.91 Å². The Morgan fingerprint density at radius 3 is 2.74 bits per heavy atom. The molecule has 1 atom stereocenters. The van der Waals surface area contributed by atoms with Gasteiger partial charge in [-0.15, -0.1) is 0 Å². The second kappa shape index (κ2) is 6.68. The van der Waals surface area contributed by atoms with E-state index in [1.165, 1.54) is 11.8 Å². The second-order valence-electron chi connectivity index (χ2n) is 5.27. The number of benzene rings is 1. The smallest absolute Gasteiger partial charge is 0.266 e. The number of hydrogen-bond acceptors (Lipinski definition) is 4. The first-order chi connectivity index (χ1) is 11.1. The summed E-state index contributed by atoms with van der Waals surface area (Å²) in [5.74, 6) is -0.0411. The van der Waals surface area contributed by atoms with Crippen LogP contribution >= 0.6 is 24.0 Å². The Morgan fingerprint density at radius 1 is 1.35 bits per heavy atom. The Labute approximate surface area is 145 Å². The first kappa shape index (κ1) is 16.0. The molecule has 1 unspecified atom stereocenters. The fourth-order valence-electron chi connectivity index (χ4n) is 2.47. The Kier molecular flexibility index (Phi) is 4.63. The molecule has 0 aliphatic carbocycles. The molecule has 0 radical (unpaired) electrons. The van der Waals surface area contributed by atoms with Gasteiger partial charge < -0.3 is 0 Å². The van der Waals surface area contributed by atoms with Crippen molar-refractivity contribution >= 4 is 40.3 Å². The van der Waals surface area contributed by atoms with Crippen LogP contribution in [0.2, 0.25) is 0 Å². The summed E-state index contributed by atoms with van der Waals surface area (Å²) in [5, 5.41) is 4.23. The van der Waals surface area contributed by atoms with Gasteiger partial charge in [0.05, 0.1) is 17.1 Å². The average molecular weight is 343 g/mol. The van der Waals surface area contributed by atoms with Crippen molar-refractivity contribution in [2.75, 3.05) is 0 Å². The minimum absolute atomic E-state index is 0.0411. The normalized spacial score (nSPS) is 18.0. The maximum atomic E-state index is 12.7. The van der Waals surface area contributed by atoms with E-state index in [1.807, 2.05) is 61.1 Å². The molecule has 0 saturated carbocycles. The van der Waals surface area contributed by atoms with E-state index in [0.717, 1.165) is 17.7 Å². The predicted octanol–water partition coefficient (Wildman–Crippen LogP) is 3.87. The Balaban J connectivity index is 1.85. The van der Waals surface area contributed by atoms with Gasteiger partial charge in [0, 0.05) is 18.3 Å². The molecule has 1 saturated heterocycles. The minimum Gasteiger partial charge on any atom is -0.286 e. The number of nitrogens with zero attached hydrogens (tertiary/aromatic N) is 3. The topological polar surface area (TPSA) is 38.1 Å². The first-order valence-electron chi connectivity index (χ1n) is 7.44. The lowest BCUT2D eigenvalue weighted by Crippen LogP contribution is -2.30. The van der Waals surface area contributed by atoms with Gasteiger partial charge in [0.2, 0.25) is 0 Å². The van der Waals surface area contributed by atoms with Crippen LogP contribution in [-0.2, 0) is 11.3 Å². The quantitative estimate of drug-likeness (QED) is 0.624. The number of aromatic nitrogens is 2. The van der Waals surface area contributed by atoms with E-state index in [2.05, 4.69) is 5.10 Å². The lowest BCUT2D eigenvalue weighted by molar-refractivity contribution is -0.123. The zero-order valence-corrected chi connectivity index (χ0v) is 14.6. The molecule has 2 heterocycles. The molecule has 1 aliphatic rings. The molecule has 0 N–H and O–H groups in total. The summed E-state index contributed by atoms with van der Waals surface area (Å²) in [5.41, 5.74) is 1.99. The number of carbonyl (C=O) groups excluding carboxylic acids is 1. The number of carbonyl (C=O) groups is 1. The molecule has 0 spiro atoms. The average Bonchev–Trinajstić information content (AvgIpc) is 3.13. The van der Waals surface area contributed by atoms with Gasteiger partial charge in [-0.3, -0.25) is 14.4 Å². The summed E-state index contributed by atoms with van der Waals surface area (Å²) in [6, 6.07) is 9.85. The fourth-order valence-corrected chi connectivity index (χ4v) is 3.89. The van der Waals surface area contributed by atoms with Crippen molar-refractivity contribution in [1.29, 1.82) is 0 Å². The van der Waals surface area contributed by atoms with E-state index in [1.54, 1.807) is 11.1 Å². The highest BCUT2D eigenvalue weighted by molar-refractivity contribution is 8.26. The summed E-state index contributed by atoms with van der Waals surface area (Å²) >= 11 is 6.77. The Bertz CT molecular complexity index is 767. The van der Waals surface area contributed by atoms with Gasteiger partial charge >= 0.3 is 0 Å². The monoisotopic (exact) mass is 343 g/mol. The Hall–Kier alpha value is -1.92. The highest BCUT2D eigenvalue weighted by Gasteiger charge is 2.35. The standard InChI is InChI=1S/C17H17N3OS2/c1-3-19-11-13(10-18-19)9-15-16(21)20(17(22)23-15)12(2)14-7-5-4-6-8-14/h4-12H,3H2,1-2H3/b15-9-. The molecule has 2 aromatic rings. The second-order valence-corrected chi connectivity index (χ2v) is 6.94. The van der Waals surface area contributed by atoms with Crippen LogP contribution in [-0.4, -0.2) is 24.9 Å². The maximum absolute atomic E-state index is 12.7. The molecule has 1 fully saturated rings. The van der Waals surface area contributed by atoms with E-state index >= 15 is 0 Å². The molecule has 4 nitrogen and oxygen atoms in total. The number of thioether (sulfide) groups is 1. The van der Waals surface area contributed by atoms with Crippen molar-refractivity contribution in [3.05, 3.63) is 58.8 Å². The van der Waals surface area contributed by atoms with Crippen molar-refractivity contribution in [2.45, 2.75) is 26.4 Å². The lowest BCUT2D eigenvalue weighted by Gasteiger charge is -2.23. The van der Waals surface area contributed by atoms with Gasteiger partial charge in [0.1, 0.15) is 4.32 Å². The predicted molar refractivity (Wildman–Crippen MR) is 97.8 cm³/mol. The molecule has 1 aromatic heterocycles. The highest BCUT2D eigenvalue weighted by atomic mass is 32.2. The zero-order valence-electron chi connectivity index (χ0n) is 13.0. The van der Waals surface area contributed by atoms with Crippen LogP contribution in [0, 0.1) is 0 Å². The van der Waals surface area contributed by atoms with Crippen LogP contribution in [0.15, 0.2) is 47.6 Å². The summed E-state index contributed by atoms with van der Waals surface area (Å²) in [6.07, 6.45) is 5.54. The summed E-state index contributed by atoms with van der Waals surface area (Å²) in [7, 11) is 0. The third-order valence-electron chi connectivity index (χ3n) is 3.77. The van der Waals surface area contributed by atoms with Crippen molar-refractivity contribution in [1.82, 2.24) is 14.7 Å². The summed E-state index contributed by atoms with van der Waals surface area (Å²) < 4.78 is 2.43.